The topological polar surface area (TPSA) is 66.8 Å². The second-order valence-electron chi connectivity index (χ2n) is 11.1. The summed E-state index contributed by atoms with van der Waals surface area (Å²) >= 11 is 0. The molecule has 3 saturated carbocycles. The monoisotopic (exact) mass is 428 g/mol. The molecule has 4 nitrogen and oxygen atoms in total. The van der Waals surface area contributed by atoms with Crippen molar-refractivity contribution in [1.82, 2.24) is 0 Å². The molecule has 3 aliphatic carbocycles. The molecule has 0 bridgehead atoms. The Morgan fingerprint density at radius 2 is 1.97 bits per heavy atom. The van der Waals surface area contributed by atoms with Gasteiger partial charge in [0.25, 0.3) is 0 Å². The zero-order chi connectivity index (χ0) is 22.3. The lowest BCUT2D eigenvalue weighted by Crippen LogP contribution is -2.36. The van der Waals surface area contributed by atoms with Crippen molar-refractivity contribution >= 4 is 5.97 Å². The van der Waals surface area contributed by atoms with Gasteiger partial charge in [0.15, 0.2) is 0 Å². The molecule has 0 radical (unpaired) electrons. The Balaban J connectivity index is 1.46. The number of cyclic esters (lactones) is 1. The highest BCUT2D eigenvalue weighted by molar-refractivity contribution is 5.74. The largest absolute Gasteiger partial charge is 0.462 e. The number of carbonyl (C=O) groups is 1. The average molecular weight is 429 g/mol. The van der Waals surface area contributed by atoms with Gasteiger partial charge in [0, 0.05) is 12.8 Å². The van der Waals surface area contributed by atoms with Gasteiger partial charge in [-0.3, -0.25) is 4.79 Å². The van der Waals surface area contributed by atoms with Crippen LogP contribution >= 0.6 is 0 Å². The minimum absolute atomic E-state index is 0.0226. The van der Waals surface area contributed by atoms with Gasteiger partial charge in [-0.25, -0.2) is 0 Å². The van der Waals surface area contributed by atoms with Gasteiger partial charge in [-0.15, -0.1) is 0 Å². The van der Waals surface area contributed by atoms with Gasteiger partial charge >= 0.3 is 5.97 Å². The van der Waals surface area contributed by atoms with E-state index in [0.717, 1.165) is 30.4 Å². The summed E-state index contributed by atoms with van der Waals surface area (Å²) in [6, 6.07) is 0. The Bertz CT molecular complexity index is 780. The van der Waals surface area contributed by atoms with Crippen LogP contribution in [0.5, 0.6) is 0 Å². The van der Waals surface area contributed by atoms with Crippen molar-refractivity contribution in [3.05, 3.63) is 35.5 Å². The number of ether oxygens (including phenoxy) is 1. The molecule has 1 heterocycles. The first-order valence-electron chi connectivity index (χ1n) is 12.3. The van der Waals surface area contributed by atoms with Crippen LogP contribution in [0, 0.1) is 29.1 Å². The molecule has 4 rings (SSSR count). The van der Waals surface area contributed by atoms with Gasteiger partial charge in [0.1, 0.15) is 6.10 Å². The fraction of sp³-hybridized carbons (Fsp3) is 0.741. The molecule has 0 aromatic rings. The maximum atomic E-state index is 11.8. The predicted octanol–water partition coefficient (Wildman–Crippen LogP) is 5.11. The molecule has 8 atom stereocenters. The highest BCUT2D eigenvalue weighted by atomic mass is 16.5. The van der Waals surface area contributed by atoms with Gasteiger partial charge in [0.05, 0.1) is 18.1 Å². The van der Waals surface area contributed by atoms with Crippen LogP contribution in [0.4, 0.5) is 0 Å². The molecule has 0 amide bonds. The third kappa shape index (κ3) is 4.43. The molecule has 3 unspecified atom stereocenters. The summed E-state index contributed by atoms with van der Waals surface area (Å²) in [6.45, 7) is 11.0. The predicted molar refractivity (Wildman–Crippen MR) is 122 cm³/mol. The fourth-order valence-electron chi connectivity index (χ4n) is 7.18. The first kappa shape index (κ1) is 22.8. The van der Waals surface area contributed by atoms with Crippen LogP contribution < -0.4 is 0 Å². The van der Waals surface area contributed by atoms with Crippen molar-refractivity contribution in [1.29, 1.82) is 0 Å². The van der Waals surface area contributed by atoms with E-state index in [-0.39, 0.29) is 18.0 Å². The summed E-state index contributed by atoms with van der Waals surface area (Å²) in [6.07, 6.45) is 12.2. The third-order valence-electron chi connectivity index (χ3n) is 8.94. The minimum Gasteiger partial charge on any atom is -0.462 e. The smallest absolute Gasteiger partial charge is 0.309 e. The summed E-state index contributed by atoms with van der Waals surface area (Å²) < 4.78 is 5.62. The van der Waals surface area contributed by atoms with E-state index in [0.29, 0.717) is 36.0 Å². The van der Waals surface area contributed by atoms with Crippen LogP contribution in [0.2, 0.25) is 0 Å². The maximum absolute atomic E-state index is 11.8. The first-order chi connectivity index (χ1) is 14.7. The van der Waals surface area contributed by atoms with Crippen LogP contribution in [-0.2, 0) is 9.53 Å². The van der Waals surface area contributed by atoms with Gasteiger partial charge in [0.2, 0.25) is 0 Å². The molecular weight excluding hydrogens is 388 g/mol. The molecule has 1 saturated heterocycles. The van der Waals surface area contributed by atoms with Crippen molar-refractivity contribution in [2.75, 3.05) is 0 Å². The summed E-state index contributed by atoms with van der Waals surface area (Å²) in [5, 5.41) is 19.9. The number of aliphatic hydroxyl groups excluding tert-OH is 2. The molecule has 0 aromatic carbocycles. The van der Waals surface area contributed by atoms with Crippen LogP contribution in [0.3, 0.4) is 0 Å². The summed E-state index contributed by atoms with van der Waals surface area (Å²) in [5.74, 6) is 1.87. The van der Waals surface area contributed by atoms with E-state index in [2.05, 4.69) is 32.6 Å². The lowest BCUT2D eigenvalue weighted by atomic mass is 9.60. The lowest BCUT2D eigenvalue weighted by molar-refractivity contribution is -0.144. The van der Waals surface area contributed by atoms with E-state index >= 15 is 0 Å². The average Bonchev–Trinajstić information content (AvgIpc) is 3.22. The van der Waals surface area contributed by atoms with Crippen molar-refractivity contribution in [2.45, 2.75) is 96.9 Å². The van der Waals surface area contributed by atoms with E-state index < -0.39 is 12.2 Å². The Labute approximate surface area is 187 Å². The third-order valence-corrected chi connectivity index (χ3v) is 8.94. The molecule has 4 fully saturated rings. The highest BCUT2D eigenvalue weighted by Crippen LogP contribution is 2.60. The molecular formula is C27H40O4. The van der Waals surface area contributed by atoms with E-state index in [1.54, 1.807) is 5.57 Å². The quantitative estimate of drug-likeness (QED) is 0.611. The molecule has 31 heavy (non-hydrogen) atoms. The maximum Gasteiger partial charge on any atom is 0.309 e. The van der Waals surface area contributed by atoms with Crippen molar-refractivity contribution in [3.63, 3.8) is 0 Å². The van der Waals surface area contributed by atoms with Crippen molar-refractivity contribution in [2.24, 2.45) is 29.1 Å². The SMILES string of the molecule is C=C1C[C@H](O)[C@H](O)C/C1=C/C=C1CCC[C@@]2(C)C1CC[C@@H]2[C@H](C)CC1CC(C)C(=O)O1. The number of aliphatic hydroxyl groups is 2. The van der Waals surface area contributed by atoms with Crippen LogP contribution in [0.15, 0.2) is 35.5 Å². The molecule has 0 spiro atoms. The second-order valence-corrected chi connectivity index (χ2v) is 11.1. The van der Waals surface area contributed by atoms with Crippen LogP contribution in [0.25, 0.3) is 0 Å². The summed E-state index contributed by atoms with van der Waals surface area (Å²) in [7, 11) is 0. The Morgan fingerprint density at radius 1 is 1.23 bits per heavy atom. The minimum atomic E-state index is -0.686. The number of allylic oxidation sites excluding steroid dienone is 3. The fourth-order valence-corrected chi connectivity index (χ4v) is 7.18. The van der Waals surface area contributed by atoms with Gasteiger partial charge in [-0.2, -0.15) is 0 Å². The standard InChI is InChI=1S/C27H40O4/c1-16-14-24(28)25(29)15-20(16)8-7-19-6-5-11-27(4)22(9-10-23(19)27)17(2)12-21-13-18(3)26(30)31-21/h7-8,17-18,21-25,28-29H,1,5-6,9-15H2,2-4H3/b19-7?,20-8-/t17-,18?,21?,22-,23?,24+,25-,27-/m1/s1. The van der Waals surface area contributed by atoms with E-state index in [4.69, 9.17) is 4.74 Å². The number of hydrogen-bond acceptors (Lipinski definition) is 4. The Morgan fingerprint density at radius 3 is 2.68 bits per heavy atom. The van der Waals surface area contributed by atoms with Gasteiger partial charge in [-0.1, -0.05) is 45.1 Å². The molecule has 1 aliphatic heterocycles. The van der Waals surface area contributed by atoms with E-state index in [1.165, 1.54) is 25.7 Å². The molecule has 172 valence electrons. The summed E-state index contributed by atoms with van der Waals surface area (Å²) in [4.78, 5) is 11.8. The molecule has 0 aromatic heterocycles. The molecule has 4 heteroatoms. The first-order valence-corrected chi connectivity index (χ1v) is 12.3. The zero-order valence-corrected chi connectivity index (χ0v) is 19.5. The number of fused-ring (bicyclic) bond motifs is 1. The van der Waals surface area contributed by atoms with Gasteiger partial charge in [-0.05, 0) is 79.3 Å². The zero-order valence-electron chi connectivity index (χ0n) is 19.5. The summed E-state index contributed by atoms with van der Waals surface area (Å²) in [5.41, 5.74) is 3.89. The number of esters is 1. The number of hydrogen-bond donors (Lipinski definition) is 2. The second kappa shape index (κ2) is 8.86. The van der Waals surface area contributed by atoms with Crippen LogP contribution in [-0.4, -0.2) is 34.5 Å². The highest BCUT2D eigenvalue weighted by Gasteiger charge is 2.51. The van der Waals surface area contributed by atoms with Crippen molar-refractivity contribution < 1.29 is 19.7 Å². The van der Waals surface area contributed by atoms with Gasteiger partial charge < -0.3 is 14.9 Å². The molecule has 2 N–H and O–H groups in total. The van der Waals surface area contributed by atoms with Crippen molar-refractivity contribution in [3.8, 4) is 0 Å². The Kier molecular flexibility index (Phi) is 6.52. The number of rotatable bonds is 4. The van der Waals surface area contributed by atoms with Crippen LogP contribution in [0.1, 0.15) is 78.6 Å². The van der Waals surface area contributed by atoms with E-state index in [9.17, 15) is 15.0 Å². The number of carbonyl (C=O) groups excluding carboxylic acids is 1. The molecule has 4 aliphatic rings. The normalized spacial score (nSPS) is 44.5. The van der Waals surface area contributed by atoms with E-state index in [1.807, 2.05) is 6.92 Å². The Hall–Kier alpha value is -1.39. The lowest BCUT2D eigenvalue weighted by Gasteiger charge is -2.44.